The van der Waals surface area contributed by atoms with Gasteiger partial charge in [0.25, 0.3) is 0 Å². The molecule has 0 radical (unpaired) electrons. The van der Waals surface area contributed by atoms with Gasteiger partial charge in [-0.15, -0.1) is 0 Å². The fourth-order valence-corrected chi connectivity index (χ4v) is 6.98. The van der Waals surface area contributed by atoms with Crippen LogP contribution in [0.1, 0.15) is 0 Å². The number of benzene rings is 7. The monoisotopic (exact) mass is 641 g/mol. The maximum atomic E-state index is 6.75. The van der Waals surface area contributed by atoms with E-state index in [-0.39, 0.29) is 0 Å². The Morgan fingerprint density at radius 3 is 1.50 bits per heavy atom. The highest BCUT2D eigenvalue weighted by molar-refractivity contribution is 6.13. The van der Waals surface area contributed by atoms with Crippen LogP contribution in [0.25, 0.3) is 100 Å². The second-order valence-corrected chi connectivity index (χ2v) is 12.4. The number of para-hydroxylation sites is 4. The van der Waals surface area contributed by atoms with Gasteiger partial charge in [-0.25, -0.2) is 15.0 Å². The summed E-state index contributed by atoms with van der Waals surface area (Å²) in [6, 6.07) is 55.6. The van der Waals surface area contributed by atoms with Crippen molar-refractivity contribution in [3.05, 3.63) is 164 Å². The highest BCUT2D eigenvalue weighted by Crippen LogP contribution is 2.40. The van der Waals surface area contributed by atoms with Gasteiger partial charge in [-0.3, -0.25) is 0 Å². The zero-order chi connectivity index (χ0) is 33.0. The maximum Gasteiger partial charge on any atom is 0.167 e. The van der Waals surface area contributed by atoms with Crippen molar-refractivity contribution in [3.8, 4) is 56.4 Å². The molecule has 0 N–H and O–H groups in total. The third-order valence-corrected chi connectivity index (χ3v) is 9.35. The Morgan fingerprint density at radius 1 is 0.300 bits per heavy atom. The van der Waals surface area contributed by atoms with Crippen LogP contribution in [0, 0.1) is 0 Å². The minimum Gasteiger partial charge on any atom is -0.455 e. The summed E-state index contributed by atoms with van der Waals surface area (Å²) in [4.78, 5) is 15.2. The van der Waals surface area contributed by atoms with Crippen molar-refractivity contribution in [1.82, 2.24) is 15.0 Å². The average Bonchev–Trinajstić information content (AvgIpc) is 3.77. The fourth-order valence-electron chi connectivity index (χ4n) is 6.98. The van der Waals surface area contributed by atoms with E-state index in [1.807, 2.05) is 91.0 Å². The second-order valence-electron chi connectivity index (χ2n) is 12.4. The first-order chi connectivity index (χ1) is 24.8. The summed E-state index contributed by atoms with van der Waals surface area (Å²) in [5.74, 6) is 1.71. The Kier molecular flexibility index (Phi) is 6.42. The zero-order valence-corrected chi connectivity index (χ0v) is 26.7. The molecule has 0 spiro atoms. The molecule has 234 valence electrons. The Balaban J connectivity index is 1.16. The minimum atomic E-state index is 0.546. The van der Waals surface area contributed by atoms with Gasteiger partial charge in [0.2, 0.25) is 0 Å². The number of hydrogen-bond acceptors (Lipinski definition) is 5. The third kappa shape index (κ3) is 4.60. The van der Waals surface area contributed by atoms with Crippen LogP contribution in [0.2, 0.25) is 0 Å². The second kappa shape index (κ2) is 11.4. The lowest BCUT2D eigenvalue weighted by Crippen LogP contribution is -2.00. The topological polar surface area (TPSA) is 65.0 Å². The van der Waals surface area contributed by atoms with E-state index in [4.69, 9.17) is 23.8 Å². The summed E-state index contributed by atoms with van der Waals surface area (Å²) >= 11 is 0. The number of aromatic nitrogens is 3. The van der Waals surface area contributed by atoms with Crippen LogP contribution in [0.3, 0.4) is 0 Å². The molecule has 3 heterocycles. The highest BCUT2D eigenvalue weighted by atomic mass is 16.3. The van der Waals surface area contributed by atoms with Gasteiger partial charge in [-0.2, -0.15) is 0 Å². The van der Waals surface area contributed by atoms with E-state index >= 15 is 0 Å². The van der Waals surface area contributed by atoms with Crippen molar-refractivity contribution >= 4 is 43.9 Å². The predicted octanol–water partition coefficient (Wildman–Crippen LogP) is 12.0. The van der Waals surface area contributed by atoms with Crippen molar-refractivity contribution in [2.24, 2.45) is 0 Å². The molecule has 0 aliphatic carbocycles. The Bertz CT molecular complexity index is 2870. The van der Waals surface area contributed by atoms with Gasteiger partial charge in [0.1, 0.15) is 22.3 Å². The summed E-state index contributed by atoms with van der Waals surface area (Å²) in [6.45, 7) is 0. The number of hydrogen-bond donors (Lipinski definition) is 0. The number of rotatable bonds is 5. The van der Waals surface area contributed by atoms with Gasteiger partial charge in [0.05, 0.1) is 5.56 Å². The standard InChI is InChI=1S/C45H27N3O2/c1-3-13-28(14-4-1)32-20-10-23-36-37-24-12-25-38(42(37)50-41(32)36)45-47-43(29-15-5-2-6-16-29)46-44(48-45)31-18-9-17-30(27-31)33-21-11-22-35-34-19-7-8-26-39(34)49-40(33)35/h1-27H. The van der Waals surface area contributed by atoms with E-state index in [0.717, 1.165) is 82.8 Å². The fraction of sp³-hybridized carbons (Fsp3) is 0. The lowest BCUT2D eigenvalue weighted by Gasteiger charge is -2.10. The zero-order valence-electron chi connectivity index (χ0n) is 26.7. The molecule has 0 amide bonds. The maximum absolute atomic E-state index is 6.75. The van der Waals surface area contributed by atoms with Crippen molar-refractivity contribution in [2.45, 2.75) is 0 Å². The van der Waals surface area contributed by atoms with Crippen LogP contribution in [-0.2, 0) is 0 Å². The lowest BCUT2D eigenvalue weighted by molar-refractivity contribution is 0.670. The molecule has 0 unspecified atom stereocenters. The Morgan fingerprint density at radius 2 is 0.760 bits per heavy atom. The normalized spacial score (nSPS) is 11.6. The molecule has 5 nitrogen and oxygen atoms in total. The molecule has 0 bridgehead atoms. The van der Waals surface area contributed by atoms with Gasteiger partial charge in [0, 0.05) is 43.8 Å². The van der Waals surface area contributed by atoms with Gasteiger partial charge in [-0.05, 0) is 29.3 Å². The molecule has 0 saturated carbocycles. The van der Waals surface area contributed by atoms with Crippen molar-refractivity contribution in [1.29, 1.82) is 0 Å². The summed E-state index contributed by atoms with van der Waals surface area (Å²) in [6.07, 6.45) is 0. The van der Waals surface area contributed by atoms with E-state index < -0.39 is 0 Å². The first kappa shape index (κ1) is 28.2. The van der Waals surface area contributed by atoms with E-state index in [2.05, 4.69) is 72.8 Å². The minimum absolute atomic E-state index is 0.546. The van der Waals surface area contributed by atoms with E-state index in [9.17, 15) is 0 Å². The molecule has 5 heteroatoms. The van der Waals surface area contributed by atoms with Gasteiger partial charge < -0.3 is 8.83 Å². The molecule has 0 aliphatic heterocycles. The molecule has 0 fully saturated rings. The van der Waals surface area contributed by atoms with Crippen molar-refractivity contribution in [2.75, 3.05) is 0 Å². The first-order valence-corrected chi connectivity index (χ1v) is 16.6. The van der Waals surface area contributed by atoms with Crippen LogP contribution in [0.5, 0.6) is 0 Å². The Hall–Kier alpha value is -6.85. The first-order valence-electron chi connectivity index (χ1n) is 16.6. The third-order valence-electron chi connectivity index (χ3n) is 9.35. The van der Waals surface area contributed by atoms with Gasteiger partial charge >= 0.3 is 0 Å². The molecular formula is C45H27N3O2. The van der Waals surface area contributed by atoms with Crippen LogP contribution in [0.15, 0.2) is 173 Å². The summed E-state index contributed by atoms with van der Waals surface area (Å²) in [7, 11) is 0. The van der Waals surface area contributed by atoms with Crippen LogP contribution in [0.4, 0.5) is 0 Å². The SMILES string of the molecule is c1ccc(-c2nc(-c3cccc(-c4cccc5c4oc4ccccc45)c3)nc(-c3cccc4c3oc3c(-c5ccccc5)cccc34)n2)cc1. The summed E-state index contributed by atoms with van der Waals surface area (Å²) in [5, 5.41) is 4.25. The Labute approximate surface area is 287 Å². The molecule has 7 aromatic carbocycles. The molecule has 50 heavy (non-hydrogen) atoms. The average molecular weight is 642 g/mol. The largest absolute Gasteiger partial charge is 0.455 e. The van der Waals surface area contributed by atoms with Crippen LogP contribution >= 0.6 is 0 Å². The summed E-state index contributed by atoms with van der Waals surface area (Å²) in [5.41, 5.74) is 10.1. The number of fused-ring (bicyclic) bond motifs is 6. The predicted molar refractivity (Wildman–Crippen MR) is 202 cm³/mol. The molecule has 0 atom stereocenters. The van der Waals surface area contributed by atoms with Crippen molar-refractivity contribution < 1.29 is 8.83 Å². The quantitative estimate of drug-likeness (QED) is 0.187. The molecular weight excluding hydrogens is 615 g/mol. The molecule has 10 aromatic rings. The molecule has 0 saturated heterocycles. The summed E-state index contributed by atoms with van der Waals surface area (Å²) < 4.78 is 13.1. The lowest BCUT2D eigenvalue weighted by atomic mass is 10.00. The smallest absolute Gasteiger partial charge is 0.167 e. The van der Waals surface area contributed by atoms with Crippen LogP contribution in [-0.4, -0.2) is 15.0 Å². The molecule has 0 aliphatic rings. The highest BCUT2D eigenvalue weighted by Gasteiger charge is 2.20. The van der Waals surface area contributed by atoms with Gasteiger partial charge in [-0.1, -0.05) is 146 Å². The van der Waals surface area contributed by atoms with Crippen molar-refractivity contribution in [3.63, 3.8) is 0 Å². The van der Waals surface area contributed by atoms with Gasteiger partial charge in [0.15, 0.2) is 17.5 Å². The number of furan rings is 2. The number of nitrogens with zero attached hydrogens (tertiary/aromatic N) is 3. The van der Waals surface area contributed by atoms with E-state index in [1.165, 1.54) is 0 Å². The molecule has 3 aromatic heterocycles. The van der Waals surface area contributed by atoms with E-state index in [1.54, 1.807) is 0 Å². The van der Waals surface area contributed by atoms with Crippen LogP contribution < -0.4 is 0 Å². The molecule has 10 rings (SSSR count). The van der Waals surface area contributed by atoms with E-state index in [0.29, 0.717) is 17.5 Å².